The highest BCUT2D eigenvalue weighted by Crippen LogP contribution is 2.20. The maximum absolute atomic E-state index is 13.7. The van der Waals surface area contributed by atoms with Crippen molar-refractivity contribution in [2.75, 3.05) is 13.2 Å². The van der Waals surface area contributed by atoms with Crippen molar-refractivity contribution in [2.45, 2.75) is 82.0 Å². The summed E-state index contributed by atoms with van der Waals surface area (Å²) in [5.41, 5.74) is 11.6. The van der Waals surface area contributed by atoms with Gasteiger partial charge in [-0.1, -0.05) is 55.3 Å². The number of hydrogen-bond donors (Lipinski definition) is 8. The first-order chi connectivity index (χ1) is 21.6. The molecule has 0 aromatic heterocycles. The fraction of sp³-hybridized carbons (Fsp3) is 0.484. The largest absolute Gasteiger partial charge is 0.481 e. The maximum Gasteiger partial charge on any atom is 0.303 e. The first kappa shape index (κ1) is 34.8. The van der Waals surface area contributed by atoms with Gasteiger partial charge in [0.05, 0.1) is 12.6 Å². The van der Waals surface area contributed by atoms with Gasteiger partial charge in [-0.3, -0.25) is 29.0 Å². The second-order valence-electron chi connectivity index (χ2n) is 11.1. The summed E-state index contributed by atoms with van der Waals surface area (Å²) in [5, 5.41) is 31.6. The molecule has 1 heterocycles. The number of carboxylic acid groups (broad SMARTS) is 1. The van der Waals surface area contributed by atoms with E-state index >= 15 is 0 Å². The summed E-state index contributed by atoms with van der Waals surface area (Å²) in [6.07, 6.45) is 1.78. The number of aliphatic hydroxyl groups is 1. The van der Waals surface area contributed by atoms with Crippen molar-refractivity contribution >= 4 is 46.3 Å². The molecule has 1 fully saturated rings. The number of fused-ring (bicyclic) bond motifs is 1. The standard InChI is InChI=1S/C31H43N7O7/c32-31(33)34-15-7-13-23-28(43)37-24(12-2-1-3-14-27(41)42)29(44)38-25(30(45)35-21(18-39)17-26(40)36-23)16-20-10-6-9-19-8-4-5-11-22(19)20/h4-6,8-11,21,23-25,39H,1-3,7,12-18H2,(H,35,45)(H,36,40)(H,37,43)(H,38,44)(H,41,42)(H4,32,33,34)/t21-,23+,24+,25+/m1/s1. The van der Waals surface area contributed by atoms with Crippen molar-refractivity contribution < 1.29 is 34.2 Å². The summed E-state index contributed by atoms with van der Waals surface area (Å²) in [5.74, 6) is -3.42. The van der Waals surface area contributed by atoms with Crippen LogP contribution in [0.1, 0.15) is 56.9 Å². The van der Waals surface area contributed by atoms with Crippen LogP contribution in [0, 0.1) is 0 Å². The molecule has 14 nitrogen and oxygen atoms in total. The quantitative estimate of drug-likeness (QED) is 0.0835. The van der Waals surface area contributed by atoms with E-state index < -0.39 is 60.4 Å². The van der Waals surface area contributed by atoms with Crippen molar-refractivity contribution in [3.05, 3.63) is 48.0 Å². The SMILES string of the molecule is NC(N)=NCCC[C@@H]1NC(=O)C[C@H](CO)NC(=O)[C@H](Cc2cccc3ccccc23)NC(=O)[C@H](CCCCCC(=O)O)NC1=O. The van der Waals surface area contributed by atoms with E-state index in [0.717, 1.165) is 16.3 Å². The fourth-order valence-electron chi connectivity index (χ4n) is 5.23. The topological polar surface area (TPSA) is 238 Å². The van der Waals surface area contributed by atoms with Crippen molar-refractivity contribution in [3.63, 3.8) is 0 Å². The van der Waals surface area contributed by atoms with Crippen LogP contribution in [0.25, 0.3) is 10.8 Å². The molecular weight excluding hydrogens is 582 g/mol. The van der Waals surface area contributed by atoms with Gasteiger partial charge in [0, 0.05) is 25.8 Å². The van der Waals surface area contributed by atoms with Gasteiger partial charge >= 0.3 is 5.97 Å². The lowest BCUT2D eigenvalue weighted by Crippen LogP contribution is -2.56. The molecule has 14 heteroatoms. The van der Waals surface area contributed by atoms with E-state index in [4.69, 9.17) is 16.6 Å². The van der Waals surface area contributed by atoms with Gasteiger partial charge in [-0.15, -0.1) is 0 Å². The molecule has 45 heavy (non-hydrogen) atoms. The molecule has 2 aromatic rings. The van der Waals surface area contributed by atoms with E-state index in [0.29, 0.717) is 25.7 Å². The monoisotopic (exact) mass is 625 g/mol. The van der Waals surface area contributed by atoms with Gasteiger partial charge in [0.2, 0.25) is 23.6 Å². The minimum absolute atomic E-state index is 0.0214. The number of rotatable bonds is 13. The lowest BCUT2D eigenvalue weighted by molar-refractivity contribution is -0.137. The van der Waals surface area contributed by atoms with Crippen LogP contribution in [0.3, 0.4) is 0 Å². The average Bonchev–Trinajstić information content (AvgIpc) is 3.00. The van der Waals surface area contributed by atoms with Crippen LogP contribution < -0.4 is 32.7 Å². The molecule has 1 saturated heterocycles. The highest BCUT2D eigenvalue weighted by Gasteiger charge is 2.32. The number of carbonyl (C=O) groups is 5. The zero-order chi connectivity index (χ0) is 32.8. The van der Waals surface area contributed by atoms with Gasteiger partial charge in [-0.25, -0.2) is 0 Å². The Bertz CT molecular complexity index is 1370. The van der Waals surface area contributed by atoms with Crippen molar-refractivity contribution in [1.29, 1.82) is 0 Å². The molecule has 244 valence electrons. The van der Waals surface area contributed by atoms with Crippen LogP contribution in [0.5, 0.6) is 0 Å². The Balaban J connectivity index is 1.90. The number of unbranched alkanes of at least 4 members (excludes halogenated alkanes) is 2. The number of aliphatic carboxylic acids is 1. The number of aliphatic imine (C=N–C) groups is 1. The van der Waals surface area contributed by atoms with Crippen molar-refractivity contribution in [2.24, 2.45) is 16.5 Å². The first-order valence-corrected chi connectivity index (χ1v) is 15.1. The third-order valence-electron chi connectivity index (χ3n) is 7.55. The van der Waals surface area contributed by atoms with Crippen molar-refractivity contribution in [3.8, 4) is 0 Å². The molecule has 4 amide bonds. The molecule has 1 aliphatic rings. The highest BCUT2D eigenvalue weighted by atomic mass is 16.4. The number of carbonyl (C=O) groups excluding carboxylic acids is 4. The van der Waals surface area contributed by atoms with E-state index in [1.54, 1.807) is 0 Å². The number of aliphatic hydroxyl groups excluding tert-OH is 1. The summed E-state index contributed by atoms with van der Waals surface area (Å²) in [7, 11) is 0. The molecule has 0 spiro atoms. The lowest BCUT2D eigenvalue weighted by atomic mass is 9.97. The third-order valence-corrected chi connectivity index (χ3v) is 7.55. The summed E-state index contributed by atoms with van der Waals surface area (Å²) in [6, 6.07) is 9.08. The van der Waals surface area contributed by atoms with E-state index in [1.165, 1.54) is 0 Å². The normalized spacial score (nSPS) is 21.3. The number of amides is 4. The number of guanidine groups is 1. The molecule has 0 saturated carbocycles. The second-order valence-corrected chi connectivity index (χ2v) is 11.1. The molecule has 3 rings (SSSR count). The molecule has 4 atom stereocenters. The molecule has 10 N–H and O–H groups in total. The Morgan fingerprint density at radius 2 is 1.44 bits per heavy atom. The summed E-state index contributed by atoms with van der Waals surface area (Å²) in [6.45, 7) is -0.338. The number of nitrogens with two attached hydrogens (primary N) is 2. The van der Waals surface area contributed by atoms with Gasteiger partial charge in [0.15, 0.2) is 5.96 Å². The Morgan fingerprint density at radius 1 is 0.800 bits per heavy atom. The number of hydrogen-bond acceptors (Lipinski definition) is 7. The van der Waals surface area contributed by atoms with Gasteiger partial charge in [0.1, 0.15) is 18.1 Å². The Labute approximate surface area is 261 Å². The maximum atomic E-state index is 13.7. The van der Waals surface area contributed by atoms with Crippen molar-refractivity contribution in [1.82, 2.24) is 21.3 Å². The molecule has 0 radical (unpaired) electrons. The Morgan fingerprint density at radius 3 is 2.16 bits per heavy atom. The molecular formula is C31H43N7O7. The summed E-state index contributed by atoms with van der Waals surface area (Å²) in [4.78, 5) is 68.5. The smallest absolute Gasteiger partial charge is 0.303 e. The minimum Gasteiger partial charge on any atom is -0.481 e. The first-order valence-electron chi connectivity index (χ1n) is 15.1. The zero-order valence-corrected chi connectivity index (χ0v) is 25.2. The minimum atomic E-state index is -1.09. The van der Waals surface area contributed by atoms with Crippen LogP contribution >= 0.6 is 0 Å². The van der Waals surface area contributed by atoms with Crippen LogP contribution in [0.4, 0.5) is 0 Å². The van der Waals surface area contributed by atoms with Gasteiger partial charge in [0.25, 0.3) is 0 Å². The summed E-state index contributed by atoms with van der Waals surface area (Å²) < 4.78 is 0. The molecule has 0 bridgehead atoms. The van der Waals surface area contributed by atoms with Gasteiger partial charge in [-0.05, 0) is 42.0 Å². The van der Waals surface area contributed by atoms with Gasteiger partial charge < -0.3 is 42.9 Å². The van der Waals surface area contributed by atoms with Gasteiger partial charge in [-0.2, -0.15) is 0 Å². The Kier molecular flexibility index (Phi) is 13.6. The van der Waals surface area contributed by atoms with E-state index in [1.807, 2.05) is 42.5 Å². The molecule has 0 unspecified atom stereocenters. The van der Waals surface area contributed by atoms with Crippen LogP contribution in [0.15, 0.2) is 47.5 Å². The second kappa shape index (κ2) is 17.5. The van der Waals surface area contributed by atoms with Crippen LogP contribution in [-0.4, -0.2) is 83.1 Å². The highest BCUT2D eigenvalue weighted by molar-refractivity contribution is 5.95. The molecule has 2 aromatic carbocycles. The number of carboxylic acids is 1. The fourth-order valence-corrected chi connectivity index (χ4v) is 5.23. The Hall–Kier alpha value is -4.72. The summed E-state index contributed by atoms with van der Waals surface area (Å²) >= 11 is 0. The number of nitrogens with zero attached hydrogens (tertiary/aromatic N) is 1. The lowest BCUT2D eigenvalue weighted by Gasteiger charge is -2.25. The van der Waals surface area contributed by atoms with E-state index in [9.17, 15) is 29.1 Å². The molecule has 0 aliphatic carbocycles. The zero-order valence-electron chi connectivity index (χ0n) is 25.2. The van der Waals surface area contributed by atoms with Crippen LogP contribution in [0.2, 0.25) is 0 Å². The number of nitrogens with one attached hydrogen (secondary N) is 4. The molecule has 1 aliphatic heterocycles. The van der Waals surface area contributed by atoms with Crippen LogP contribution in [-0.2, 0) is 30.4 Å². The third kappa shape index (κ3) is 11.4. The number of benzene rings is 2. The predicted octanol–water partition coefficient (Wildman–Crippen LogP) is -0.194. The average molecular weight is 626 g/mol. The van der Waals surface area contributed by atoms with E-state index in [-0.39, 0.29) is 44.6 Å². The van der Waals surface area contributed by atoms with E-state index in [2.05, 4.69) is 26.3 Å². The predicted molar refractivity (Wildman–Crippen MR) is 168 cm³/mol.